The Hall–Kier alpha value is -0.120. The maximum Gasteiger partial charge on any atom is 0.0611 e. The lowest BCUT2D eigenvalue weighted by molar-refractivity contribution is 0.0659. The highest BCUT2D eigenvalue weighted by molar-refractivity contribution is 4.90. The Labute approximate surface area is 119 Å². The number of aliphatic hydroxyl groups excluding tert-OH is 1. The molecule has 0 aliphatic carbocycles. The van der Waals surface area contributed by atoms with Gasteiger partial charge in [0.1, 0.15) is 0 Å². The maximum absolute atomic E-state index is 9.70. The van der Waals surface area contributed by atoms with Crippen LogP contribution in [0.4, 0.5) is 0 Å². The van der Waals surface area contributed by atoms with Crippen molar-refractivity contribution in [2.24, 2.45) is 11.8 Å². The molecule has 1 rings (SSSR count). The predicted octanol–water partition coefficient (Wildman–Crippen LogP) is 2.49. The average Bonchev–Trinajstić information content (AvgIpc) is 2.26. The van der Waals surface area contributed by atoms with E-state index >= 15 is 0 Å². The SMILES string of the molecule is CC1CC(C)CN(C(C)CC(C)(CO)NC(C)C)C1. The second-order valence-electron chi connectivity index (χ2n) is 7.47. The molecule has 0 aromatic carbocycles. The predicted molar refractivity (Wildman–Crippen MR) is 82.4 cm³/mol. The summed E-state index contributed by atoms with van der Waals surface area (Å²) in [4.78, 5) is 2.61. The van der Waals surface area contributed by atoms with Crippen molar-refractivity contribution in [3.63, 3.8) is 0 Å². The summed E-state index contributed by atoms with van der Waals surface area (Å²) in [5.41, 5.74) is -0.169. The van der Waals surface area contributed by atoms with E-state index in [0.717, 1.165) is 18.3 Å². The number of hydrogen-bond donors (Lipinski definition) is 2. The van der Waals surface area contributed by atoms with Gasteiger partial charge in [-0.15, -0.1) is 0 Å². The zero-order valence-corrected chi connectivity index (χ0v) is 13.7. The minimum atomic E-state index is -0.169. The summed E-state index contributed by atoms with van der Waals surface area (Å²) in [6.45, 7) is 16.0. The van der Waals surface area contributed by atoms with Crippen LogP contribution in [-0.2, 0) is 0 Å². The van der Waals surface area contributed by atoms with Crippen LogP contribution in [0.25, 0.3) is 0 Å². The molecule has 4 unspecified atom stereocenters. The molecular formula is C16H34N2O. The van der Waals surface area contributed by atoms with Crippen molar-refractivity contribution in [2.75, 3.05) is 19.7 Å². The number of aliphatic hydroxyl groups is 1. The van der Waals surface area contributed by atoms with Crippen molar-refractivity contribution < 1.29 is 5.11 Å². The lowest BCUT2D eigenvalue weighted by Crippen LogP contribution is -2.54. The van der Waals surface area contributed by atoms with E-state index < -0.39 is 0 Å². The van der Waals surface area contributed by atoms with Gasteiger partial charge in [0.2, 0.25) is 0 Å². The molecule has 0 aromatic rings. The second kappa shape index (κ2) is 7.05. The number of rotatable bonds is 6. The van der Waals surface area contributed by atoms with E-state index in [2.05, 4.69) is 51.8 Å². The molecule has 1 heterocycles. The van der Waals surface area contributed by atoms with E-state index in [9.17, 15) is 5.11 Å². The molecule has 0 radical (unpaired) electrons. The van der Waals surface area contributed by atoms with Gasteiger partial charge in [-0.2, -0.15) is 0 Å². The molecule has 0 aromatic heterocycles. The Balaban J connectivity index is 2.58. The fraction of sp³-hybridized carbons (Fsp3) is 1.00. The highest BCUT2D eigenvalue weighted by Gasteiger charge is 2.31. The summed E-state index contributed by atoms with van der Waals surface area (Å²) in [5.74, 6) is 1.59. The van der Waals surface area contributed by atoms with Gasteiger partial charge < -0.3 is 15.3 Å². The molecule has 0 bridgehead atoms. The molecule has 3 nitrogen and oxygen atoms in total. The van der Waals surface area contributed by atoms with Crippen LogP contribution in [0.5, 0.6) is 0 Å². The monoisotopic (exact) mass is 270 g/mol. The molecule has 1 aliphatic heterocycles. The van der Waals surface area contributed by atoms with Crippen LogP contribution in [-0.4, -0.2) is 47.3 Å². The van der Waals surface area contributed by atoms with Gasteiger partial charge in [0, 0.05) is 30.7 Å². The van der Waals surface area contributed by atoms with E-state index in [-0.39, 0.29) is 12.1 Å². The van der Waals surface area contributed by atoms with Crippen molar-refractivity contribution >= 4 is 0 Å². The van der Waals surface area contributed by atoms with Gasteiger partial charge in [-0.25, -0.2) is 0 Å². The molecule has 0 amide bonds. The molecule has 1 aliphatic rings. The quantitative estimate of drug-likeness (QED) is 0.778. The molecule has 1 fully saturated rings. The molecule has 1 saturated heterocycles. The van der Waals surface area contributed by atoms with Crippen molar-refractivity contribution in [3.05, 3.63) is 0 Å². The molecule has 114 valence electrons. The molecule has 3 heteroatoms. The normalized spacial score (nSPS) is 30.3. The molecule has 0 spiro atoms. The standard InChI is InChI=1S/C16H34N2O/c1-12(2)17-16(6,11-19)8-15(5)18-9-13(3)7-14(4)10-18/h12-15,17,19H,7-11H2,1-6H3. The summed E-state index contributed by atoms with van der Waals surface area (Å²) in [7, 11) is 0. The number of piperidine rings is 1. The molecule has 4 atom stereocenters. The van der Waals surface area contributed by atoms with Crippen molar-refractivity contribution in [2.45, 2.75) is 72.0 Å². The van der Waals surface area contributed by atoms with Gasteiger partial charge in [-0.3, -0.25) is 0 Å². The Bertz CT molecular complexity index is 259. The van der Waals surface area contributed by atoms with Crippen LogP contribution >= 0.6 is 0 Å². The van der Waals surface area contributed by atoms with E-state index in [1.54, 1.807) is 0 Å². The first-order valence-electron chi connectivity index (χ1n) is 7.88. The third kappa shape index (κ3) is 5.41. The van der Waals surface area contributed by atoms with Crippen LogP contribution in [0, 0.1) is 11.8 Å². The van der Waals surface area contributed by atoms with Crippen molar-refractivity contribution in [1.29, 1.82) is 0 Å². The average molecular weight is 270 g/mol. The van der Waals surface area contributed by atoms with E-state index in [1.807, 2.05) is 0 Å². The Morgan fingerprint density at radius 3 is 2.16 bits per heavy atom. The first-order chi connectivity index (χ1) is 8.75. The Morgan fingerprint density at radius 2 is 1.74 bits per heavy atom. The minimum absolute atomic E-state index is 0.169. The maximum atomic E-state index is 9.70. The van der Waals surface area contributed by atoms with Crippen molar-refractivity contribution in [1.82, 2.24) is 10.2 Å². The summed E-state index contributed by atoms with van der Waals surface area (Å²) in [5, 5.41) is 13.2. The van der Waals surface area contributed by atoms with Crippen molar-refractivity contribution in [3.8, 4) is 0 Å². The van der Waals surface area contributed by atoms with Crippen LogP contribution in [0.15, 0.2) is 0 Å². The molecule has 0 saturated carbocycles. The minimum Gasteiger partial charge on any atom is -0.394 e. The van der Waals surface area contributed by atoms with E-state index in [1.165, 1.54) is 19.5 Å². The number of nitrogens with zero attached hydrogens (tertiary/aromatic N) is 1. The summed E-state index contributed by atoms with van der Waals surface area (Å²) in [6.07, 6.45) is 2.35. The lowest BCUT2D eigenvalue weighted by Gasteiger charge is -2.42. The van der Waals surface area contributed by atoms with E-state index in [0.29, 0.717) is 12.1 Å². The van der Waals surface area contributed by atoms with Gasteiger partial charge >= 0.3 is 0 Å². The van der Waals surface area contributed by atoms with Crippen LogP contribution in [0.1, 0.15) is 54.4 Å². The Kier molecular flexibility index (Phi) is 6.28. The second-order valence-corrected chi connectivity index (χ2v) is 7.47. The smallest absolute Gasteiger partial charge is 0.0611 e. The fourth-order valence-corrected chi connectivity index (χ4v) is 3.72. The zero-order chi connectivity index (χ0) is 14.6. The number of likely N-dealkylation sites (tertiary alicyclic amines) is 1. The summed E-state index contributed by atoms with van der Waals surface area (Å²) in [6, 6.07) is 0.928. The van der Waals surface area contributed by atoms with E-state index in [4.69, 9.17) is 0 Å². The third-order valence-electron chi connectivity index (χ3n) is 4.25. The molecule has 19 heavy (non-hydrogen) atoms. The fourth-order valence-electron chi connectivity index (χ4n) is 3.72. The van der Waals surface area contributed by atoms with Crippen LogP contribution < -0.4 is 5.32 Å². The Morgan fingerprint density at radius 1 is 1.21 bits per heavy atom. The van der Waals surface area contributed by atoms with Gasteiger partial charge in [0.15, 0.2) is 0 Å². The lowest BCUT2D eigenvalue weighted by atomic mass is 9.87. The summed E-state index contributed by atoms with van der Waals surface area (Å²) < 4.78 is 0. The highest BCUT2D eigenvalue weighted by Crippen LogP contribution is 2.25. The highest BCUT2D eigenvalue weighted by atomic mass is 16.3. The van der Waals surface area contributed by atoms with Gasteiger partial charge in [0.05, 0.1) is 6.61 Å². The largest absolute Gasteiger partial charge is 0.394 e. The van der Waals surface area contributed by atoms with Gasteiger partial charge in [0.25, 0.3) is 0 Å². The van der Waals surface area contributed by atoms with Crippen LogP contribution in [0.3, 0.4) is 0 Å². The number of nitrogens with one attached hydrogen (secondary N) is 1. The zero-order valence-electron chi connectivity index (χ0n) is 13.7. The molecule has 2 N–H and O–H groups in total. The van der Waals surface area contributed by atoms with Crippen LogP contribution in [0.2, 0.25) is 0 Å². The van der Waals surface area contributed by atoms with Gasteiger partial charge in [-0.05, 0) is 38.5 Å². The first-order valence-corrected chi connectivity index (χ1v) is 7.88. The first kappa shape index (κ1) is 16.9. The topological polar surface area (TPSA) is 35.5 Å². The molecular weight excluding hydrogens is 236 g/mol. The van der Waals surface area contributed by atoms with Gasteiger partial charge in [-0.1, -0.05) is 27.7 Å². The number of hydrogen-bond acceptors (Lipinski definition) is 3. The summed E-state index contributed by atoms with van der Waals surface area (Å²) >= 11 is 0. The third-order valence-corrected chi connectivity index (χ3v) is 4.25.